The molecule has 2 fully saturated rings. The Morgan fingerprint density at radius 3 is 1.19 bits per heavy atom. The highest BCUT2D eigenvalue weighted by atomic mass is 16.6. The quantitative estimate of drug-likeness (QED) is 0.0338. The van der Waals surface area contributed by atoms with Gasteiger partial charge in [-0.3, -0.25) is 24.2 Å². The molecule has 2 heterocycles. The number of anilines is 2. The molecular weight excluding hydrogens is 925 g/mol. The van der Waals surface area contributed by atoms with Gasteiger partial charge < -0.3 is 47.7 Å². The summed E-state index contributed by atoms with van der Waals surface area (Å²) in [6.45, 7) is 9.40. The van der Waals surface area contributed by atoms with Gasteiger partial charge in [0.2, 0.25) is 11.5 Å². The molecule has 1 N–H and O–H groups in total. The van der Waals surface area contributed by atoms with E-state index < -0.39 is 18.1 Å². The Bertz CT molecular complexity index is 2910. The molecule has 6 aromatic carbocycles. The highest BCUT2D eigenvalue weighted by Crippen LogP contribution is 2.50. The number of benzene rings is 6. The van der Waals surface area contributed by atoms with E-state index in [-0.39, 0.29) is 36.5 Å². The molecule has 376 valence electrons. The van der Waals surface area contributed by atoms with Gasteiger partial charge in [0.1, 0.15) is 0 Å². The van der Waals surface area contributed by atoms with Crippen LogP contribution >= 0.6 is 0 Å². The number of carbonyl (C=O) groups is 4. The van der Waals surface area contributed by atoms with E-state index in [9.17, 15) is 24.3 Å². The standard InChI is InChI=1S/C27H25NO7.C20H21NO6.C8H8O.CH4/c1-16-24(28(26(16)29)19-14-22(32-3)25(34-5)23(15-19)33-4)18-11-12-20(31-2)21(13-18)35-27(30)17-9-7-6-8-10-17;1-11-18(12-6-7-15(24-2)14(22)8-12)21(20(11)23)13-9-16(25-3)19(27-5)17(10-13)26-4;1-7(9)8-5-3-2-4-6-8;/h6-15,24H,1H2,2-5H3;6-10,18,22H,1H2,2-5H3;2-6H,1H3;1H4/t24-;18-;;/m11../s1. The summed E-state index contributed by atoms with van der Waals surface area (Å²) in [5.41, 5.74) is 4.52. The maximum atomic E-state index is 12.9. The van der Waals surface area contributed by atoms with E-state index in [1.54, 1.807) is 102 Å². The van der Waals surface area contributed by atoms with E-state index in [0.717, 1.165) is 5.56 Å². The minimum Gasteiger partial charge on any atom is -0.504 e. The molecule has 2 atom stereocenters. The number of ketones is 1. The average molecular weight is 983 g/mol. The van der Waals surface area contributed by atoms with Crippen LogP contribution in [0.2, 0.25) is 0 Å². The Kier molecular flexibility index (Phi) is 18.1. The van der Waals surface area contributed by atoms with Gasteiger partial charge in [-0.15, -0.1) is 0 Å². The van der Waals surface area contributed by atoms with Gasteiger partial charge in [0.05, 0.1) is 85.9 Å². The number of amides is 2. The van der Waals surface area contributed by atoms with Gasteiger partial charge >= 0.3 is 5.97 Å². The maximum absolute atomic E-state index is 12.9. The summed E-state index contributed by atoms with van der Waals surface area (Å²) in [6, 6.07) is 33.9. The van der Waals surface area contributed by atoms with Gasteiger partial charge in [-0.1, -0.05) is 81.2 Å². The van der Waals surface area contributed by atoms with Gasteiger partial charge in [0.25, 0.3) is 11.8 Å². The van der Waals surface area contributed by atoms with E-state index >= 15 is 0 Å². The van der Waals surface area contributed by atoms with E-state index in [1.165, 1.54) is 56.9 Å². The van der Waals surface area contributed by atoms with Crippen molar-refractivity contribution in [1.29, 1.82) is 0 Å². The normalized spacial score (nSPS) is 14.3. The number of esters is 1. The molecule has 8 rings (SSSR count). The van der Waals surface area contributed by atoms with Gasteiger partial charge in [0, 0.05) is 41.0 Å². The molecule has 0 spiro atoms. The van der Waals surface area contributed by atoms with Crippen LogP contribution in [0.1, 0.15) is 58.3 Å². The first-order valence-electron chi connectivity index (χ1n) is 21.7. The molecule has 0 aromatic heterocycles. The fourth-order valence-corrected chi connectivity index (χ4v) is 7.83. The molecule has 0 aliphatic carbocycles. The van der Waals surface area contributed by atoms with Gasteiger partial charge in [-0.25, -0.2) is 4.79 Å². The van der Waals surface area contributed by atoms with E-state index in [1.807, 2.05) is 36.4 Å². The van der Waals surface area contributed by atoms with Crippen LogP contribution < -0.4 is 52.4 Å². The summed E-state index contributed by atoms with van der Waals surface area (Å²) in [7, 11) is 12.0. The Hall–Kier alpha value is -8.92. The Labute approximate surface area is 419 Å². The second kappa shape index (κ2) is 24.1. The van der Waals surface area contributed by atoms with Crippen molar-refractivity contribution in [2.75, 3.05) is 66.7 Å². The van der Waals surface area contributed by atoms with Crippen molar-refractivity contribution in [2.24, 2.45) is 0 Å². The lowest BCUT2D eigenvalue weighted by Crippen LogP contribution is -2.48. The Morgan fingerprint density at radius 2 is 0.847 bits per heavy atom. The van der Waals surface area contributed by atoms with E-state index in [0.29, 0.717) is 85.2 Å². The van der Waals surface area contributed by atoms with Crippen molar-refractivity contribution in [2.45, 2.75) is 26.4 Å². The smallest absolute Gasteiger partial charge is 0.343 e. The van der Waals surface area contributed by atoms with E-state index in [4.69, 9.17) is 42.6 Å². The van der Waals surface area contributed by atoms with Crippen LogP contribution in [0.3, 0.4) is 0 Å². The summed E-state index contributed by atoms with van der Waals surface area (Å²) in [5.74, 6) is 2.66. The molecule has 0 unspecified atom stereocenters. The van der Waals surface area contributed by atoms with Crippen molar-refractivity contribution in [3.63, 3.8) is 0 Å². The first-order valence-corrected chi connectivity index (χ1v) is 21.7. The van der Waals surface area contributed by atoms with Crippen LogP contribution in [0.25, 0.3) is 0 Å². The largest absolute Gasteiger partial charge is 0.504 e. The van der Waals surface area contributed by atoms with Crippen molar-refractivity contribution < 1.29 is 66.9 Å². The van der Waals surface area contributed by atoms with Gasteiger partial charge in [-0.2, -0.15) is 0 Å². The fraction of sp³-hybridized carbons (Fsp3) is 0.214. The second-order valence-electron chi connectivity index (χ2n) is 15.5. The lowest BCUT2D eigenvalue weighted by atomic mass is 9.88. The number of methoxy groups -OCH3 is 8. The number of hydrogen-bond acceptors (Lipinski definition) is 14. The third kappa shape index (κ3) is 11.1. The summed E-state index contributed by atoms with van der Waals surface area (Å²) in [5, 5.41) is 10.1. The van der Waals surface area contributed by atoms with Crippen LogP contribution in [0.15, 0.2) is 146 Å². The second-order valence-corrected chi connectivity index (χ2v) is 15.5. The minimum atomic E-state index is -0.522. The zero-order valence-corrected chi connectivity index (χ0v) is 40.8. The predicted molar refractivity (Wildman–Crippen MR) is 273 cm³/mol. The number of Topliss-reactive ketones (excluding diaryl/α,β-unsaturated/α-hetero) is 1. The lowest BCUT2D eigenvalue weighted by molar-refractivity contribution is -0.119. The molecular formula is C56H58N2O14. The van der Waals surface area contributed by atoms with Gasteiger partial charge in [0.15, 0.2) is 51.8 Å². The zero-order valence-electron chi connectivity index (χ0n) is 40.8. The molecule has 0 bridgehead atoms. The molecule has 2 saturated heterocycles. The van der Waals surface area contributed by atoms with Crippen LogP contribution in [-0.4, -0.2) is 85.6 Å². The number of β-lactam (4-membered cyclic amide) rings is 2. The molecule has 2 amide bonds. The first kappa shape index (κ1) is 54.0. The number of aromatic hydroxyl groups is 1. The summed E-state index contributed by atoms with van der Waals surface area (Å²) in [6.07, 6.45) is 0. The number of phenols is 1. The van der Waals surface area contributed by atoms with Crippen molar-refractivity contribution >= 4 is 34.9 Å². The maximum Gasteiger partial charge on any atom is 0.343 e. The summed E-state index contributed by atoms with van der Waals surface area (Å²) >= 11 is 0. The van der Waals surface area contributed by atoms with E-state index in [2.05, 4.69) is 13.2 Å². The molecule has 0 saturated carbocycles. The number of ether oxygens (including phenoxy) is 9. The molecule has 0 radical (unpaired) electrons. The number of rotatable bonds is 15. The lowest BCUT2D eigenvalue weighted by Gasteiger charge is -2.42. The fourth-order valence-electron chi connectivity index (χ4n) is 7.83. The monoisotopic (exact) mass is 982 g/mol. The van der Waals surface area contributed by atoms with Crippen molar-refractivity contribution in [3.05, 3.63) is 168 Å². The van der Waals surface area contributed by atoms with Crippen LogP contribution in [0.5, 0.6) is 57.5 Å². The number of nitrogens with zero attached hydrogens (tertiary/aromatic N) is 2. The Balaban J connectivity index is 0.000000230. The molecule has 2 aliphatic rings. The molecule has 16 nitrogen and oxygen atoms in total. The number of carbonyl (C=O) groups excluding carboxylic acids is 4. The average Bonchev–Trinajstić information content (AvgIpc) is 3.40. The van der Waals surface area contributed by atoms with Crippen LogP contribution in [-0.2, 0) is 9.59 Å². The first-order chi connectivity index (χ1) is 34.2. The van der Waals surface area contributed by atoms with Crippen molar-refractivity contribution in [1.82, 2.24) is 0 Å². The van der Waals surface area contributed by atoms with Crippen molar-refractivity contribution in [3.8, 4) is 57.5 Å². The predicted octanol–water partition coefficient (Wildman–Crippen LogP) is 10.2. The SMILES string of the molecule is C.C=C1C(=O)N(c2cc(OC)c(OC)c(OC)c2)[C@H]1c1ccc(OC)c(O)c1.C=C1C(=O)N(c2cc(OC)c(OC)c(OC)c2)[C@H]1c1ccc(OC)c(OC(=O)c2ccccc2)c1.CC(=O)c1ccccc1. The van der Waals surface area contributed by atoms with Crippen LogP contribution in [0, 0.1) is 0 Å². The van der Waals surface area contributed by atoms with Crippen LogP contribution in [0.4, 0.5) is 11.4 Å². The highest BCUT2D eigenvalue weighted by Gasteiger charge is 2.45. The highest BCUT2D eigenvalue weighted by molar-refractivity contribution is 6.16. The Morgan fingerprint density at radius 1 is 0.472 bits per heavy atom. The minimum absolute atomic E-state index is 0. The third-order valence-electron chi connectivity index (χ3n) is 11.4. The zero-order chi connectivity index (χ0) is 51.5. The summed E-state index contributed by atoms with van der Waals surface area (Å²) in [4.78, 5) is 51.8. The summed E-state index contributed by atoms with van der Waals surface area (Å²) < 4.78 is 48.4. The molecule has 16 heteroatoms. The number of phenolic OH excluding ortho intramolecular Hbond substituents is 1. The topological polar surface area (TPSA) is 178 Å². The number of hydrogen-bond donors (Lipinski definition) is 1. The molecule has 6 aromatic rings. The molecule has 2 aliphatic heterocycles. The van der Waals surface area contributed by atoms with Gasteiger partial charge in [-0.05, 0) is 54.4 Å². The third-order valence-corrected chi connectivity index (χ3v) is 11.4. The molecule has 72 heavy (non-hydrogen) atoms.